The number of benzene rings is 1. The second kappa shape index (κ2) is 8.75. The van der Waals surface area contributed by atoms with Crippen LogP contribution in [0.3, 0.4) is 0 Å². The lowest BCUT2D eigenvalue weighted by Gasteiger charge is -2.21. The molecule has 0 fully saturated rings. The lowest BCUT2D eigenvalue weighted by Crippen LogP contribution is -2.43. The Labute approximate surface area is 171 Å². The van der Waals surface area contributed by atoms with Crippen molar-refractivity contribution in [3.63, 3.8) is 0 Å². The molecule has 0 aliphatic rings. The van der Waals surface area contributed by atoms with E-state index in [-0.39, 0.29) is 18.1 Å². The number of nitrogens with zero attached hydrogens (tertiary/aromatic N) is 2. The molecule has 10 heteroatoms. The van der Waals surface area contributed by atoms with E-state index in [0.717, 1.165) is 15.9 Å². The number of carbonyl (C=O) groups excluding carboxylic acids is 1. The molecular weight excluding hydrogens is 434 g/mol. The van der Waals surface area contributed by atoms with Gasteiger partial charge in [0.1, 0.15) is 5.82 Å². The molecule has 0 aliphatic heterocycles. The number of H-pyrrole nitrogens is 1. The first-order valence-corrected chi connectivity index (χ1v) is 9.49. The first-order valence-electron chi connectivity index (χ1n) is 8.29. The van der Waals surface area contributed by atoms with Gasteiger partial charge in [0.25, 0.3) is 5.91 Å². The van der Waals surface area contributed by atoms with Crippen molar-refractivity contribution in [2.24, 2.45) is 0 Å². The summed E-state index contributed by atoms with van der Waals surface area (Å²) in [6.45, 7) is 7.97. The topological polar surface area (TPSA) is 93.2 Å². The van der Waals surface area contributed by atoms with Crippen LogP contribution in [0.25, 0.3) is 0 Å². The molecule has 1 aromatic heterocycles. The third kappa shape index (κ3) is 5.96. The maximum absolute atomic E-state index is 12.0. The molecule has 2 aromatic rings. The Hall–Kier alpha value is -2.07. The van der Waals surface area contributed by atoms with Crippen LogP contribution >= 0.6 is 28.1 Å². The Balaban J connectivity index is 2.10. The predicted octanol–water partition coefficient (Wildman–Crippen LogP) is 3.06. The first kappa shape index (κ1) is 21.2. The van der Waals surface area contributed by atoms with E-state index >= 15 is 0 Å². The van der Waals surface area contributed by atoms with Crippen LogP contribution in [0.2, 0.25) is 0 Å². The van der Waals surface area contributed by atoms with Gasteiger partial charge in [0.2, 0.25) is 4.77 Å². The molecule has 0 atom stereocenters. The van der Waals surface area contributed by atoms with Gasteiger partial charge in [-0.3, -0.25) is 9.89 Å². The van der Waals surface area contributed by atoms with Gasteiger partial charge in [0.05, 0.1) is 13.7 Å². The molecule has 148 valence electrons. The average Bonchev–Trinajstić information content (AvgIpc) is 2.89. The second-order valence-corrected chi connectivity index (χ2v) is 8.17. The molecule has 1 heterocycles. The van der Waals surface area contributed by atoms with Gasteiger partial charge in [-0.2, -0.15) is 5.10 Å². The molecule has 27 heavy (non-hydrogen) atoms. The monoisotopic (exact) mass is 457 g/mol. The number of carbonyl (C=O) groups is 1. The molecule has 3 N–H and O–H groups in total. The number of nitrogens with one attached hydrogen (secondary N) is 3. The van der Waals surface area contributed by atoms with Gasteiger partial charge < -0.3 is 20.2 Å². The summed E-state index contributed by atoms with van der Waals surface area (Å²) < 4.78 is 14.0. The fourth-order valence-electron chi connectivity index (χ4n) is 2.31. The Bertz CT molecular complexity index is 872. The van der Waals surface area contributed by atoms with Crippen molar-refractivity contribution in [2.45, 2.75) is 39.8 Å². The molecule has 2 rings (SSSR count). The van der Waals surface area contributed by atoms with Crippen molar-refractivity contribution in [3.05, 3.63) is 32.8 Å². The van der Waals surface area contributed by atoms with E-state index in [9.17, 15) is 4.79 Å². The van der Waals surface area contributed by atoms with Crippen LogP contribution in [0, 0.1) is 11.7 Å². The number of aryl methyl sites for hydroxylation is 1. The summed E-state index contributed by atoms with van der Waals surface area (Å²) in [5, 5.41) is 9.63. The summed E-state index contributed by atoms with van der Waals surface area (Å²) in [5.74, 6) is 1.54. The molecule has 0 saturated carbocycles. The normalized spacial score (nSPS) is 11.2. The van der Waals surface area contributed by atoms with Gasteiger partial charge in [0.15, 0.2) is 18.1 Å². The van der Waals surface area contributed by atoms with Crippen LogP contribution in [0.5, 0.6) is 11.5 Å². The van der Waals surface area contributed by atoms with Crippen LogP contribution in [-0.2, 0) is 11.3 Å². The molecule has 0 unspecified atom stereocenters. The molecule has 0 saturated heterocycles. The number of aromatic nitrogens is 3. The number of rotatable bonds is 7. The zero-order valence-corrected chi connectivity index (χ0v) is 18.4. The Kier molecular flexibility index (Phi) is 6.88. The lowest BCUT2D eigenvalue weighted by atomic mass is 10.1. The van der Waals surface area contributed by atoms with Crippen LogP contribution in [-0.4, -0.2) is 40.0 Å². The number of hydrogen-bond donors (Lipinski definition) is 3. The summed E-state index contributed by atoms with van der Waals surface area (Å²) in [6.07, 6.45) is 0. The fourth-order valence-corrected chi connectivity index (χ4v) is 3.01. The van der Waals surface area contributed by atoms with E-state index in [1.165, 1.54) is 0 Å². The van der Waals surface area contributed by atoms with Crippen molar-refractivity contribution >= 4 is 34.1 Å². The zero-order valence-electron chi connectivity index (χ0n) is 16.0. The highest BCUT2D eigenvalue weighted by Gasteiger charge is 2.16. The summed E-state index contributed by atoms with van der Waals surface area (Å²) in [6, 6.07) is 3.62. The van der Waals surface area contributed by atoms with Gasteiger partial charge >= 0.3 is 0 Å². The SMILES string of the molecule is COc1cc(CNn2c(C)n[nH]c2=S)c(Br)cc1OCC(=O)NC(C)(C)C. The number of ether oxygens (including phenoxy) is 2. The molecule has 1 amide bonds. The number of aromatic amines is 1. The lowest BCUT2D eigenvalue weighted by molar-refractivity contribution is -0.124. The van der Waals surface area contributed by atoms with E-state index < -0.39 is 0 Å². The van der Waals surface area contributed by atoms with E-state index in [1.54, 1.807) is 17.9 Å². The maximum Gasteiger partial charge on any atom is 0.258 e. The summed E-state index contributed by atoms with van der Waals surface area (Å²) in [7, 11) is 1.55. The van der Waals surface area contributed by atoms with Gasteiger partial charge in [-0.15, -0.1) is 0 Å². The van der Waals surface area contributed by atoms with Crippen LogP contribution in [0.15, 0.2) is 16.6 Å². The molecule has 0 spiro atoms. The smallest absolute Gasteiger partial charge is 0.258 e. The van der Waals surface area contributed by atoms with Gasteiger partial charge in [-0.1, -0.05) is 15.9 Å². The van der Waals surface area contributed by atoms with Crippen molar-refractivity contribution in [3.8, 4) is 11.5 Å². The maximum atomic E-state index is 12.0. The third-order valence-electron chi connectivity index (χ3n) is 3.47. The van der Waals surface area contributed by atoms with Gasteiger partial charge in [-0.25, -0.2) is 4.68 Å². The number of hydrogen-bond acceptors (Lipinski definition) is 6. The van der Waals surface area contributed by atoms with Gasteiger partial charge in [-0.05, 0) is 57.6 Å². The van der Waals surface area contributed by atoms with E-state index in [0.29, 0.717) is 22.8 Å². The summed E-state index contributed by atoms with van der Waals surface area (Å²) in [5.41, 5.74) is 3.81. The molecule has 0 bridgehead atoms. The van der Waals surface area contributed by atoms with Crippen molar-refractivity contribution in [2.75, 3.05) is 19.1 Å². The average molecular weight is 458 g/mol. The van der Waals surface area contributed by atoms with E-state index in [2.05, 4.69) is 36.9 Å². The Morgan fingerprint density at radius 2 is 2.07 bits per heavy atom. The van der Waals surface area contributed by atoms with Crippen molar-refractivity contribution in [1.29, 1.82) is 0 Å². The molecular formula is C17H24BrN5O3S. The number of amides is 1. The quantitative estimate of drug-likeness (QED) is 0.553. The molecule has 0 radical (unpaired) electrons. The highest BCUT2D eigenvalue weighted by atomic mass is 79.9. The van der Waals surface area contributed by atoms with Gasteiger partial charge in [0, 0.05) is 10.0 Å². The number of methoxy groups -OCH3 is 1. The van der Waals surface area contributed by atoms with E-state index in [1.807, 2.05) is 33.8 Å². The molecule has 0 aliphatic carbocycles. The largest absolute Gasteiger partial charge is 0.493 e. The Morgan fingerprint density at radius 3 is 2.63 bits per heavy atom. The summed E-state index contributed by atoms with van der Waals surface area (Å²) in [4.78, 5) is 12.0. The zero-order chi connectivity index (χ0) is 20.2. The Morgan fingerprint density at radius 1 is 1.37 bits per heavy atom. The minimum Gasteiger partial charge on any atom is -0.493 e. The van der Waals surface area contributed by atoms with E-state index in [4.69, 9.17) is 21.7 Å². The van der Waals surface area contributed by atoms with Crippen LogP contribution < -0.4 is 20.2 Å². The highest BCUT2D eigenvalue weighted by molar-refractivity contribution is 9.10. The second-order valence-electron chi connectivity index (χ2n) is 6.93. The summed E-state index contributed by atoms with van der Waals surface area (Å²) >= 11 is 8.71. The minimum atomic E-state index is -0.312. The van der Waals surface area contributed by atoms with Crippen molar-refractivity contribution < 1.29 is 14.3 Å². The standard InChI is InChI=1S/C17H24BrN5O3S/c1-10-21-22-16(27)23(10)19-8-11-6-13(25-5)14(7-12(11)18)26-9-15(24)20-17(2,3)4/h6-7,19H,8-9H2,1-5H3,(H,20,24)(H,22,27). The van der Waals surface area contributed by atoms with Crippen molar-refractivity contribution in [1.82, 2.24) is 20.2 Å². The highest BCUT2D eigenvalue weighted by Crippen LogP contribution is 2.33. The molecule has 8 nitrogen and oxygen atoms in total. The first-order chi connectivity index (χ1) is 12.6. The predicted molar refractivity (Wildman–Crippen MR) is 109 cm³/mol. The number of halogens is 1. The minimum absolute atomic E-state index is 0.0962. The third-order valence-corrected chi connectivity index (χ3v) is 4.49. The molecule has 1 aromatic carbocycles. The van der Waals surface area contributed by atoms with Crippen LogP contribution in [0.4, 0.5) is 0 Å². The van der Waals surface area contributed by atoms with Crippen LogP contribution in [0.1, 0.15) is 32.2 Å². The fraction of sp³-hybridized carbons (Fsp3) is 0.471.